The van der Waals surface area contributed by atoms with Gasteiger partial charge in [0.15, 0.2) is 0 Å². The molecule has 1 radical (unpaired) electrons. The first-order valence-corrected chi connectivity index (χ1v) is 20.9. The molecule has 2 saturated carbocycles. The molecule has 0 bridgehead atoms. The van der Waals surface area contributed by atoms with E-state index in [9.17, 15) is 28.8 Å². The van der Waals surface area contributed by atoms with Gasteiger partial charge in [-0.1, -0.05) is 135 Å². The molecule has 0 heterocycles. The Morgan fingerprint density at radius 3 is 1.31 bits per heavy atom. The lowest BCUT2D eigenvalue weighted by atomic mass is 9.81. The van der Waals surface area contributed by atoms with Crippen molar-refractivity contribution in [1.82, 2.24) is 5.23 Å². The number of methoxy groups -OCH3 is 4. The van der Waals surface area contributed by atoms with E-state index in [0.29, 0.717) is 23.5 Å². The Kier molecular flexibility index (Phi) is 19.3. The molecular weight excluding hydrogens is 817 g/mol. The molecule has 335 valence electrons. The number of nitrogens with one attached hydrogen (secondary N) is 1. The molecule has 0 amide bonds. The molecule has 0 aromatic heterocycles. The average molecular weight is 873 g/mol. The molecular formula is C49H55BN3O11. The Morgan fingerprint density at radius 2 is 1.00 bits per heavy atom. The molecule has 0 spiro atoms. The number of carbonyl (C=O) groups excluding carboxylic acids is 5. The maximum atomic E-state index is 13.0. The van der Waals surface area contributed by atoms with E-state index < -0.39 is 47.5 Å². The molecule has 4 aromatic carbocycles. The van der Waals surface area contributed by atoms with Crippen LogP contribution in [-0.2, 0) is 47.7 Å². The highest BCUT2D eigenvalue weighted by Crippen LogP contribution is 2.45. The van der Waals surface area contributed by atoms with Crippen LogP contribution >= 0.6 is 0 Å². The van der Waals surface area contributed by atoms with E-state index >= 15 is 0 Å². The van der Waals surface area contributed by atoms with Gasteiger partial charge in [0.25, 0.3) is 13.0 Å². The van der Waals surface area contributed by atoms with Crippen LogP contribution in [-0.4, -0.2) is 106 Å². The quantitative estimate of drug-likeness (QED) is 0.0306. The van der Waals surface area contributed by atoms with E-state index in [0.717, 1.165) is 55.4 Å². The number of esters is 4. The van der Waals surface area contributed by atoms with Crippen LogP contribution in [0.2, 0.25) is 0 Å². The fraction of sp³-hybridized carbons (Fsp3) is 0.347. The number of benzene rings is 4. The molecule has 3 unspecified atom stereocenters. The van der Waals surface area contributed by atoms with Gasteiger partial charge in [0.05, 0.1) is 52.1 Å². The Morgan fingerprint density at radius 1 is 0.625 bits per heavy atom. The smallest absolute Gasteiger partial charge is 0.345 e. The Bertz CT molecular complexity index is 2100. The molecule has 2 fully saturated rings. The zero-order valence-corrected chi connectivity index (χ0v) is 36.9. The molecule has 2 N–H and O–H groups in total. The molecule has 64 heavy (non-hydrogen) atoms. The van der Waals surface area contributed by atoms with Gasteiger partial charge in [-0.3, -0.25) is 14.8 Å². The van der Waals surface area contributed by atoms with Crippen LogP contribution in [0.1, 0.15) is 61.8 Å². The van der Waals surface area contributed by atoms with Crippen molar-refractivity contribution in [3.05, 3.63) is 144 Å². The van der Waals surface area contributed by atoms with Crippen molar-refractivity contribution in [1.29, 1.82) is 0 Å². The molecule has 6 rings (SSSR count). The zero-order chi connectivity index (χ0) is 46.6. The van der Waals surface area contributed by atoms with Crippen LogP contribution < -0.4 is 5.23 Å². The van der Waals surface area contributed by atoms with E-state index in [2.05, 4.69) is 19.7 Å². The summed E-state index contributed by atoms with van der Waals surface area (Å²) in [5, 5.41) is 11.4. The molecule has 0 saturated heterocycles. The number of ether oxygens (including phenoxy) is 4. The second-order valence-corrected chi connectivity index (χ2v) is 15.2. The maximum Gasteiger partial charge on any atom is 0.345 e. The van der Waals surface area contributed by atoms with Gasteiger partial charge in [0.2, 0.25) is 6.04 Å². The molecule has 15 heteroatoms. The van der Waals surface area contributed by atoms with Crippen molar-refractivity contribution in [2.45, 2.75) is 57.2 Å². The summed E-state index contributed by atoms with van der Waals surface area (Å²) in [6.45, 7) is 3.78. The number of aliphatic imine (C=N–C) groups is 2. The number of hydrogen-bond acceptors (Lipinski definition) is 13. The normalized spacial score (nSPS) is 14.2. The molecule has 0 aliphatic heterocycles. The monoisotopic (exact) mass is 872 g/mol. The van der Waals surface area contributed by atoms with E-state index in [1.807, 2.05) is 135 Å². The third-order valence-electron chi connectivity index (χ3n) is 11.1. The summed E-state index contributed by atoms with van der Waals surface area (Å²) < 4.78 is 19.4. The minimum absolute atomic E-state index is 0.0914. The fourth-order valence-corrected chi connectivity index (χ4v) is 7.11. The highest BCUT2D eigenvalue weighted by molar-refractivity contribution is 6.64. The van der Waals surface area contributed by atoms with Crippen LogP contribution in [0.4, 0.5) is 0 Å². The van der Waals surface area contributed by atoms with Gasteiger partial charge in [-0.15, -0.1) is 0 Å². The lowest BCUT2D eigenvalue weighted by Gasteiger charge is -2.31. The largest absolute Gasteiger partial charge is 0.480 e. The van der Waals surface area contributed by atoms with E-state index in [1.54, 1.807) is 0 Å². The zero-order valence-electron chi connectivity index (χ0n) is 36.9. The van der Waals surface area contributed by atoms with Gasteiger partial charge < -0.3 is 34.1 Å². The van der Waals surface area contributed by atoms with Crippen LogP contribution in [0.5, 0.6) is 0 Å². The molecule has 14 nitrogen and oxygen atoms in total. The number of carboxylic acid groups (broad SMARTS) is 1. The lowest BCUT2D eigenvalue weighted by Crippen LogP contribution is -2.53. The van der Waals surface area contributed by atoms with Gasteiger partial charge in [0, 0.05) is 28.2 Å². The first kappa shape index (κ1) is 49.9. The topological polar surface area (TPSA) is 196 Å². The number of hydrogen-bond donors (Lipinski definition) is 2. The summed E-state index contributed by atoms with van der Waals surface area (Å²) in [5.74, 6) is -3.31. The summed E-state index contributed by atoms with van der Waals surface area (Å²) in [5.41, 5.74) is 2.54. The van der Waals surface area contributed by atoms with Crippen molar-refractivity contribution in [2.75, 3.05) is 28.4 Å². The first-order chi connectivity index (χ1) is 30.9. The Labute approximate surface area is 374 Å². The van der Waals surface area contributed by atoms with Gasteiger partial charge >= 0.3 is 29.8 Å². The van der Waals surface area contributed by atoms with Gasteiger partial charge in [-0.05, 0) is 43.4 Å². The van der Waals surface area contributed by atoms with Crippen molar-refractivity contribution in [2.24, 2.45) is 33.7 Å². The van der Waals surface area contributed by atoms with Crippen LogP contribution in [0.15, 0.2) is 131 Å². The second-order valence-electron chi connectivity index (χ2n) is 15.2. The van der Waals surface area contributed by atoms with Crippen molar-refractivity contribution in [3.63, 3.8) is 0 Å². The highest BCUT2D eigenvalue weighted by Gasteiger charge is 2.57. The van der Waals surface area contributed by atoms with Gasteiger partial charge in [-0.25, -0.2) is 19.2 Å². The lowest BCUT2D eigenvalue weighted by molar-refractivity contribution is -0.164. The number of rotatable bonds is 18. The van der Waals surface area contributed by atoms with Crippen molar-refractivity contribution >= 4 is 54.9 Å². The SMILES string of the molecule is CC(C1CC1)C(N[B]C=O)C(=O)O.COC(=O)C(N=C(c1ccccc1)c1ccccc1)(C(=O)OC)C(C)C1CC1.COC(=O)C(N=C(c1ccccc1)c1ccccc1)C(=O)OC. The second kappa shape index (κ2) is 24.8. The standard InChI is InChI=1S/C23H25NO4.C18H17NO4.C8H13BNO3/c1-16(17-14-15-17)23(21(25)27-2,22(26)28-3)24-20(18-10-6-4-7-11-18)19-12-8-5-9-13-19;1-22-17(20)16(18(21)23-2)19-15(13-9-5-3-6-10-13)14-11-7-4-8-12-14;1-5(6-2-3-6)7(8(12)13)10-9-4-11/h4-13,16-17H,14-15H2,1-3H3;3-12,16H,1-2H3;4-7,10H,2-3H2,1H3,(H,12,13). The predicted octanol–water partition coefficient (Wildman–Crippen LogP) is 5.78. The minimum Gasteiger partial charge on any atom is -0.480 e. The van der Waals surface area contributed by atoms with Gasteiger partial charge in [0.1, 0.15) is 0 Å². The van der Waals surface area contributed by atoms with Crippen LogP contribution in [0.3, 0.4) is 0 Å². The van der Waals surface area contributed by atoms with E-state index in [1.165, 1.54) is 28.4 Å². The van der Waals surface area contributed by atoms with Crippen LogP contribution in [0, 0.1) is 23.7 Å². The summed E-state index contributed by atoms with van der Waals surface area (Å²) in [6.07, 6.45) is 4.69. The summed E-state index contributed by atoms with van der Waals surface area (Å²) in [6, 6.07) is 35.7. The van der Waals surface area contributed by atoms with Crippen molar-refractivity contribution < 1.29 is 52.8 Å². The Hall–Kier alpha value is -6.74. The Balaban J connectivity index is 0.000000224. The third-order valence-corrected chi connectivity index (χ3v) is 11.1. The van der Waals surface area contributed by atoms with Gasteiger partial charge in [-0.2, -0.15) is 0 Å². The predicted molar refractivity (Wildman–Crippen MR) is 242 cm³/mol. The summed E-state index contributed by atoms with van der Waals surface area (Å²) in [7, 11) is 6.12. The minimum atomic E-state index is -1.74. The molecule has 3 atom stereocenters. The molecule has 4 aromatic rings. The highest BCUT2D eigenvalue weighted by atomic mass is 16.6. The number of aliphatic carboxylic acids is 1. The van der Waals surface area contributed by atoms with E-state index in [-0.39, 0.29) is 17.8 Å². The van der Waals surface area contributed by atoms with Crippen LogP contribution in [0.25, 0.3) is 0 Å². The van der Waals surface area contributed by atoms with Crippen molar-refractivity contribution in [3.8, 4) is 0 Å². The summed E-state index contributed by atoms with van der Waals surface area (Å²) in [4.78, 5) is 79.7. The first-order valence-electron chi connectivity index (χ1n) is 20.9. The third kappa shape index (κ3) is 13.4. The number of carbonyl (C=O) groups is 6. The number of carboxylic acids is 1. The average Bonchev–Trinajstić information content (AvgIpc) is 4.28. The molecule has 2 aliphatic carbocycles. The summed E-state index contributed by atoms with van der Waals surface area (Å²) >= 11 is 0. The number of nitrogens with zero attached hydrogens (tertiary/aromatic N) is 2. The maximum absolute atomic E-state index is 13.0. The van der Waals surface area contributed by atoms with E-state index in [4.69, 9.17) is 19.6 Å². The molecule has 2 aliphatic rings. The fourth-order valence-electron chi connectivity index (χ4n) is 7.11.